The molecule has 0 fully saturated rings. The van der Waals surface area contributed by atoms with Crippen molar-refractivity contribution >= 4 is 0 Å². The van der Waals surface area contributed by atoms with E-state index < -0.39 is 0 Å². The van der Waals surface area contributed by atoms with Gasteiger partial charge in [-0.25, -0.2) is 0 Å². The van der Waals surface area contributed by atoms with Crippen LogP contribution in [0.15, 0.2) is 36.7 Å². The molecule has 2 heterocycles. The van der Waals surface area contributed by atoms with Gasteiger partial charge >= 0.3 is 0 Å². The molecule has 2 aromatic heterocycles. The van der Waals surface area contributed by atoms with Crippen LogP contribution in [-0.4, -0.2) is 9.97 Å². The van der Waals surface area contributed by atoms with Crippen molar-refractivity contribution in [3.8, 4) is 11.4 Å². The summed E-state index contributed by atoms with van der Waals surface area (Å²) in [6.07, 6.45) is 3.73. The molecule has 0 radical (unpaired) electrons. The van der Waals surface area contributed by atoms with E-state index in [0.717, 1.165) is 11.4 Å². The van der Waals surface area contributed by atoms with Crippen LogP contribution in [0.5, 0.6) is 0 Å². The van der Waals surface area contributed by atoms with Crippen LogP contribution >= 0.6 is 0 Å². The highest BCUT2D eigenvalue weighted by Crippen LogP contribution is 2.14. The summed E-state index contributed by atoms with van der Waals surface area (Å²) in [5.74, 6) is 0. The SMILES string of the molecule is Cc1ccnc(-c2ccc[nH]2)c1. The van der Waals surface area contributed by atoms with E-state index in [1.54, 1.807) is 0 Å². The van der Waals surface area contributed by atoms with E-state index in [9.17, 15) is 0 Å². The lowest BCUT2D eigenvalue weighted by molar-refractivity contribution is 1.25. The van der Waals surface area contributed by atoms with Crippen molar-refractivity contribution in [3.63, 3.8) is 0 Å². The predicted molar refractivity (Wildman–Crippen MR) is 48.8 cm³/mol. The molecule has 2 nitrogen and oxygen atoms in total. The van der Waals surface area contributed by atoms with Crippen molar-refractivity contribution in [1.82, 2.24) is 9.97 Å². The van der Waals surface area contributed by atoms with Gasteiger partial charge in [-0.05, 0) is 36.8 Å². The number of aryl methyl sites for hydroxylation is 1. The molecule has 0 aromatic carbocycles. The molecule has 0 unspecified atom stereocenters. The van der Waals surface area contributed by atoms with Gasteiger partial charge in [0, 0.05) is 12.4 Å². The van der Waals surface area contributed by atoms with Gasteiger partial charge in [-0.2, -0.15) is 0 Å². The Kier molecular flexibility index (Phi) is 1.67. The van der Waals surface area contributed by atoms with Crippen molar-refractivity contribution in [1.29, 1.82) is 0 Å². The van der Waals surface area contributed by atoms with E-state index >= 15 is 0 Å². The van der Waals surface area contributed by atoms with E-state index in [4.69, 9.17) is 0 Å². The Morgan fingerprint density at radius 1 is 1.33 bits per heavy atom. The number of nitrogens with one attached hydrogen (secondary N) is 1. The fourth-order valence-electron chi connectivity index (χ4n) is 1.17. The van der Waals surface area contributed by atoms with E-state index in [-0.39, 0.29) is 0 Å². The van der Waals surface area contributed by atoms with Crippen LogP contribution in [0, 0.1) is 6.92 Å². The minimum Gasteiger partial charge on any atom is -0.360 e. The van der Waals surface area contributed by atoms with E-state index in [0.29, 0.717) is 0 Å². The van der Waals surface area contributed by atoms with E-state index in [1.807, 2.05) is 30.6 Å². The summed E-state index contributed by atoms with van der Waals surface area (Å²) < 4.78 is 0. The van der Waals surface area contributed by atoms with Crippen molar-refractivity contribution in [2.75, 3.05) is 0 Å². The largest absolute Gasteiger partial charge is 0.360 e. The first kappa shape index (κ1) is 7.10. The summed E-state index contributed by atoms with van der Waals surface area (Å²) in [5.41, 5.74) is 3.30. The minimum atomic E-state index is 1.00. The molecule has 0 saturated heterocycles. The molecule has 0 aliphatic heterocycles. The van der Waals surface area contributed by atoms with Gasteiger partial charge in [0.1, 0.15) is 0 Å². The lowest BCUT2D eigenvalue weighted by atomic mass is 10.2. The van der Waals surface area contributed by atoms with Crippen LogP contribution in [0.1, 0.15) is 5.56 Å². The molecule has 0 spiro atoms. The highest BCUT2D eigenvalue weighted by Gasteiger charge is 1.97. The molecule has 2 aromatic rings. The maximum atomic E-state index is 4.25. The lowest BCUT2D eigenvalue weighted by Crippen LogP contribution is -1.83. The number of hydrogen-bond acceptors (Lipinski definition) is 1. The third-order valence-corrected chi connectivity index (χ3v) is 1.79. The highest BCUT2D eigenvalue weighted by molar-refractivity contribution is 5.54. The summed E-state index contributed by atoms with van der Waals surface area (Å²) in [7, 11) is 0. The van der Waals surface area contributed by atoms with Crippen LogP contribution in [0.25, 0.3) is 11.4 Å². The summed E-state index contributed by atoms with van der Waals surface area (Å²) in [4.78, 5) is 7.37. The van der Waals surface area contributed by atoms with E-state index in [1.165, 1.54) is 5.56 Å². The van der Waals surface area contributed by atoms with Crippen LogP contribution in [0.4, 0.5) is 0 Å². The molecule has 0 saturated carbocycles. The standard InChI is InChI=1S/C10H10N2/c1-8-4-6-12-10(7-8)9-3-2-5-11-9/h2-7,11H,1H3. The molecule has 2 rings (SSSR count). The Balaban J connectivity index is 2.48. The molecule has 1 N–H and O–H groups in total. The van der Waals surface area contributed by atoms with Gasteiger partial charge in [0.05, 0.1) is 11.4 Å². The average molecular weight is 158 g/mol. The van der Waals surface area contributed by atoms with Gasteiger partial charge in [-0.1, -0.05) is 0 Å². The molecule has 0 aliphatic rings. The average Bonchev–Trinajstić information content (AvgIpc) is 2.56. The van der Waals surface area contributed by atoms with Crippen LogP contribution < -0.4 is 0 Å². The zero-order valence-electron chi connectivity index (χ0n) is 6.91. The molecular weight excluding hydrogens is 148 g/mol. The maximum Gasteiger partial charge on any atom is 0.0866 e. The number of hydrogen-bond donors (Lipinski definition) is 1. The van der Waals surface area contributed by atoms with Gasteiger partial charge in [-0.15, -0.1) is 0 Å². The zero-order valence-corrected chi connectivity index (χ0v) is 6.91. The van der Waals surface area contributed by atoms with Gasteiger partial charge in [0.2, 0.25) is 0 Å². The molecule has 0 bridgehead atoms. The van der Waals surface area contributed by atoms with Crippen molar-refractivity contribution in [3.05, 3.63) is 42.2 Å². The summed E-state index contributed by atoms with van der Waals surface area (Å²) >= 11 is 0. The first-order valence-corrected chi connectivity index (χ1v) is 3.93. The topological polar surface area (TPSA) is 28.7 Å². The predicted octanol–water partition coefficient (Wildman–Crippen LogP) is 2.39. The molecule has 0 amide bonds. The lowest BCUT2D eigenvalue weighted by Gasteiger charge is -1.97. The second kappa shape index (κ2) is 2.81. The number of aromatic amines is 1. The van der Waals surface area contributed by atoms with Gasteiger partial charge in [0.15, 0.2) is 0 Å². The minimum absolute atomic E-state index is 1.00. The number of pyridine rings is 1. The number of aromatic nitrogens is 2. The summed E-state index contributed by atoms with van der Waals surface area (Å²) in [5, 5.41) is 0. The molecule has 12 heavy (non-hydrogen) atoms. The van der Waals surface area contributed by atoms with Gasteiger partial charge in [0.25, 0.3) is 0 Å². The molecule has 2 heteroatoms. The monoisotopic (exact) mass is 158 g/mol. The second-order valence-electron chi connectivity index (χ2n) is 2.80. The number of nitrogens with zero attached hydrogens (tertiary/aromatic N) is 1. The zero-order chi connectivity index (χ0) is 8.39. The summed E-state index contributed by atoms with van der Waals surface area (Å²) in [6.45, 7) is 2.06. The van der Waals surface area contributed by atoms with Crippen LogP contribution in [0.3, 0.4) is 0 Å². The fraction of sp³-hybridized carbons (Fsp3) is 0.100. The van der Waals surface area contributed by atoms with Gasteiger partial charge in [-0.3, -0.25) is 4.98 Å². The van der Waals surface area contributed by atoms with Crippen molar-refractivity contribution in [2.45, 2.75) is 6.92 Å². The fourth-order valence-corrected chi connectivity index (χ4v) is 1.17. The second-order valence-corrected chi connectivity index (χ2v) is 2.80. The Morgan fingerprint density at radius 3 is 2.92 bits per heavy atom. The van der Waals surface area contributed by atoms with Crippen molar-refractivity contribution < 1.29 is 0 Å². The Morgan fingerprint density at radius 2 is 2.25 bits per heavy atom. The molecule has 0 atom stereocenters. The molecule has 60 valence electrons. The quantitative estimate of drug-likeness (QED) is 0.678. The Labute approximate surface area is 71.3 Å². The molecular formula is C10H10N2. The molecule has 0 aliphatic carbocycles. The third-order valence-electron chi connectivity index (χ3n) is 1.79. The Hall–Kier alpha value is -1.57. The number of H-pyrrole nitrogens is 1. The summed E-state index contributed by atoms with van der Waals surface area (Å²) in [6, 6.07) is 8.04. The van der Waals surface area contributed by atoms with Gasteiger partial charge < -0.3 is 4.98 Å². The van der Waals surface area contributed by atoms with Crippen LogP contribution in [-0.2, 0) is 0 Å². The smallest absolute Gasteiger partial charge is 0.0866 e. The van der Waals surface area contributed by atoms with Crippen LogP contribution in [0.2, 0.25) is 0 Å². The first-order chi connectivity index (χ1) is 5.86. The third kappa shape index (κ3) is 1.23. The number of rotatable bonds is 1. The van der Waals surface area contributed by atoms with Crippen molar-refractivity contribution in [2.24, 2.45) is 0 Å². The van der Waals surface area contributed by atoms with E-state index in [2.05, 4.69) is 23.0 Å². The highest BCUT2D eigenvalue weighted by atomic mass is 14.8. The Bertz CT molecular complexity index is 363. The maximum absolute atomic E-state index is 4.25. The first-order valence-electron chi connectivity index (χ1n) is 3.93. The normalized spacial score (nSPS) is 10.1.